The summed E-state index contributed by atoms with van der Waals surface area (Å²) in [7, 11) is 0. The van der Waals surface area contributed by atoms with E-state index in [1.807, 2.05) is 55.4 Å². The zero-order valence-electron chi connectivity index (χ0n) is 25.2. The van der Waals surface area contributed by atoms with Crippen LogP contribution in [-0.4, -0.2) is 13.1 Å². The molecule has 4 aromatic rings. The van der Waals surface area contributed by atoms with Gasteiger partial charge in [0.15, 0.2) is 0 Å². The minimum absolute atomic E-state index is 0.973. The van der Waals surface area contributed by atoms with Crippen LogP contribution in [0, 0.1) is 0 Å². The molecule has 4 aromatic carbocycles. The molecule has 0 spiro atoms. The Labute approximate surface area is 229 Å². The van der Waals surface area contributed by atoms with E-state index in [-0.39, 0.29) is 0 Å². The van der Waals surface area contributed by atoms with Gasteiger partial charge in [0, 0.05) is 24.2 Å². The van der Waals surface area contributed by atoms with Crippen LogP contribution in [0.4, 0.5) is 5.69 Å². The van der Waals surface area contributed by atoms with E-state index in [4.69, 9.17) is 0 Å². The number of rotatable bonds is 6. The third kappa shape index (κ3) is 9.57. The molecule has 0 aliphatic heterocycles. The van der Waals surface area contributed by atoms with Gasteiger partial charge in [0.1, 0.15) is 0 Å². The maximum atomic E-state index is 2.47. The summed E-state index contributed by atoms with van der Waals surface area (Å²) in [6, 6.07) is 36.9. The van der Waals surface area contributed by atoms with Gasteiger partial charge in [0.25, 0.3) is 0 Å². The molecule has 4 rings (SSSR count). The molecule has 0 heterocycles. The van der Waals surface area contributed by atoms with E-state index in [1.54, 1.807) is 0 Å². The molecule has 200 valence electrons. The second-order valence-electron chi connectivity index (χ2n) is 7.19. The maximum Gasteiger partial charge on any atom is 0.0525 e. The first-order chi connectivity index (χ1) is 18.3. The van der Waals surface area contributed by atoms with E-state index in [2.05, 4.69) is 122 Å². The van der Waals surface area contributed by atoms with Crippen LogP contribution in [-0.2, 0) is 0 Å². The van der Waals surface area contributed by atoms with Gasteiger partial charge in [-0.1, -0.05) is 146 Å². The average Bonchev–Trinajstić information content (AvgIpc) is 3.03. The number of hydrogen-bond acceptors (Lipinski definition) is 1. The molecule has 1 heteroatoms. The number of nitrogens with zero attached hydrogens (tertiary/aromatic N) is 1. The monoisotopic (exact) mass is 497 g/mol. The fourth-order valence-corrected chi connectivity index (χ4v) is 3.99. The van der Waals surface area contributed by atoms with Crippen molar-refractivity contribution in [2.75, 3.05) is 18.0 Å². The Morgan fingerprint density at radius 2 is 0.703 bits per heavy atom. The van der Waals surface area contributed by atoms with Gasteiger partial charge in [-0.05, 0) is 48.2 Å². The Hall–Kier alpha value is -3.32. The van der Waals surface area contributed by atoms with Crippen molar-refractivity contribution in [1.82, 2.24) is 0 Å². The lowest BCUT2D eigenvalue weighted by Crippen LogP contribution is -2.23. The summed E-state index contributed by atoms with van der Waals surface area (Å²) in [6.45, 7) is 22.4. The van der Waals surface area contributed by atoms with Gasteiger partial charge in [0.2, 0.25) is 0 Å². The molecule has 1 nitrogen and oxygen atoms in total. The van der Waals surface area contributed by atoms with E-state index in [9.17, 15) is 0 Å². The quantitative estimate of drug-likeness (QED) is 0.256. The van der Waals surface area contributed by atoms with Crippen molar-refractivity contribution in [3.8, 4) is 33.4 Å². The molecule has 0 saturated heterocycles. The Bertz CT molecular complexity index is 989. The van der Waals surface area contributed by atoms with Crippen LogP contribution >= 0.6 is 0 Å². The molecule has 0 aliphatic rings. The molecular formula is C36H51N. The van der Waals surface area contributed by atoms with E-state index in [0.717, 1.165) is 13.1 Å². The van der Waals surface area contributed by atoms with Crippen LogP contribution in [0.1, 0.15) is 69.2 Å². The first kappa shape index (κ1) is 33.7. The third-order valence-electron chi connectivity index (χ3n) is 5.47. The lowest BCUT2D eigenvalue weighted by atomic mass is 9.90. The summed E-state index contributed by atoms with van der Waals surface area (Å²) in [4.78, 5) is 2.47. The minimum Gasteiger partial charge on any atom is -0.371 e. The molecule has 0 aromatic heterocycles. The molecule has 0 bridgehead atoms. The summed E-state index contributed by atoms with van der Waals surface area (Å²) in [5, 5.41) is 0. The van der Waals surface area contributed by atoms with Gasteiger partial charge in [-0.3, -0.25) is 0 Å². The van der Waals surface area contributed by atoms with Crippen LogP contribution in [0.25, 0.3) is 33.4 Å². The molecule has 0 aliphatic carbocycles. The Kier molecular flexibility index (Phi) is 19.0. The second kappa shape index (κ2) is 20.8. The number of benzene rings is 4. The lowest BCUT2D eigenvalue weighted by molar-refractivity contribution is 0.868. The minimum atomic E-state index is 0.973. The molecule has 0 atom stereocenters. The fraction of sp³-hybridized carbons (Fsp3) is 0.333. The smallest absolute Gasteiger partial charge is 0.0525 e. The van der Waals surface area contributed by atoms with Gasteiger partial charge >= 0.3 is 0 Å². The predicted octanol–water partition coefficient (Wildman–Crippen LogP) is 11.6. The zero-order valence-corrected chi connectivity index (χ0v) is 25.2. The summed E-state index contributed by atoms with van der Waals surface area (Å²) in [5.41, 5.74) is 8.89. The van der Waals surface area contributed by atoms with Crippen molar-refractivity contribution in [3.05, 3.63) is 103 Å². The van der Waals surface area contributed by atoms with Crippen molar-refractivity contribution >= 4 is 5.69 Å². The van der Waals surface area contributed by atoms with E-state index in [0.29, 0.717) is 0 Å². The summed E-state index contributed by atoms with van der Waals surface area (Å²) in [6.07, 6.45) is 0. The third-order valence-corrected chi connectivity index (χ3v) is 5.47. The van der Waals surface area contributed by atoms with Crippen LogP contribution in [0.2, 0.25) is 0 Å². The Morgan fingerprint density at radius 3 is 1.00 bits per heavy atom. The van der Waals surface area contributed by atoms with Crippen LogP contribution in [0.15, 0.2) is 103 Å². The summed E-state index contributed by atoms with van der Waals surface area (Å²) >= 11 is 0. The highest BCUT2D eigenvalue weighted by Crippen LogP contribution is 2.43. The maximum absolute atomic E-state index is 2.47. The zero-order chi connectivity index (χ0) is 28.1. The molecule has 0 unspecified atom stereocenters. The first-order valence-electron chi connectivity index (χ1n) is 14.4. The predicted molar refractivity (Wildman–Crippen MR) is 172 cm³/mol. The second-order valence-corrected chi connectivity index (χ2v) is 7.19. The van der Waals surface area contributed by atoms with Gasteiger partial charge < -0.3 is 4.90 Å². The molecular weight excluding hydrogens is 446 g/mol. The normalized spacial score (nSPS) is 9.03. The largest absolute Gasteiger partial charge is 0.371 e. The van der Waals surface area contributed by atoms with E-state index in [1.165, 1.54) is 39.1 Å². The molecule has 0 saturated carbocycles. The van der Waals surface area contributed by atoms with Gasteiger partial charge in [-0.15, -0.1) is 0 Å². The highest BCUT2D eigenvalue weighted by atomic mass is 15.1. The standard InChI is InChI=1S/C28H27N.4C2H6/c1-3-29(4-2)28-26(23-16-10-6-11-17-23)20-25(22-14-8-5-9-15-22)21-27(28)24-18-12-7-13-19-24;4*1-2/h5-21H,3-4H2,1-2H3;4*1-2H3. The lowest BCUT2D eigenvalue weighted by Gasteiger charge is -2.28. The number of hydrogen-bond donors (Lipinski definition) is 0. The highest BCUT2D eigenvalue weighted by Gasteiger charge is 2.18. The molecule has 37 heavy (non-hydrogen) atoms. The molecule has 0 amide bonds. The van der Waals surface area contributed by atoms with Crippen molar-refractivity contribution in [1.29, 1.82) is 0 Å². The fourth-order valence-electron chi connectivity index (χ4n) is 3.99. The Morgan fingerprint density at radius 1 is 0.405 bits per heavy atom. The topological polar surface area (TPSA) is 3.24 Å². The summed E-state index contributed by atoms with van der Waals surface area (Å²) < 4.78 is 0. The van der Waals surface area contributed by atoms with E-state index >= 15 is 0 Å². The van der Waals surface area contributed by atoms with Gasteiger partial charge in [-0.25, -0.2) is 0 Å². The van der Waals surface area contributed by atoms with E-state index < -0.39 is 0 Å². The van der Waals surface area contributed by atoms with Crippen LogP contribution in [0.5, 0.6) is 0 Å². The van der Waals surface area contributed by atoms with Crippen LogP contribution < -0.4 is 4.90 Å². The molecule has 0 radical (unpaired) electrons. The average molecular weight is 498 g/mol. The SMILES string of the molecule is CC.CC.CC.CC.CCN(CC)c1c(-c2ccccc2)cc(-c2ccccc2)cc1-c1ccccc1. The van der Waals surface area contributed by atoms with Crippen molar-refractivity contribution in [2.45, 2.75) is 69.2 Å². The first-order valence-corrected chi connectivity index (χ1v) is 14.4. The van der Waals surface area contributed by atoms with Crippen LogP contribution in [0.3, 0.4) is 0 Å². The molecule has 0 N–H and O–H groups in total. The van der Waals surface area contributed by atoms with Crippen molar-refractivity contribution < 1.29 is 0 Å². The van der Waals surface area contributed by atoms with Crippen molar-refractivity contribution in [3.63, 3.8) is 0 Å². The van der Waals surface area contributed by atoms with Gasteiger partial charge in [0.05, 0.1) is 5.69 Å². The number of anilines is 1. The summed E-state index contributed by atoms with van der Waals surface area (Å²) in [5.74, 6) is 0. The van der Waals surface area contributed by atoms with Gasteiger partial charge in [-0.2, -0.15) is 0 Å². The van der Waals surface area contributed by atoms with Crippen molar-refractivity contribution in [2.24, 2.45) is 0 Å². The Balaban J connectivity index is 0.00000148. The molecule has 0 fully saturated rings. The highest BCUT2D eigenvalue weighted by molar-refractivity contribution is 5.95.